The van der Waals surface area contributed by atoms with Crippen LogP contribution in [0, 0.1) is 6.92 Å². The van der Waals surface area contributed by atoms with E-state index in [0.29, 0.717) is 18.8 Å². The Balaban J connectivity index is 1.90. The van der Waals surface area contributed by atoms with E-state index in [1.807, 2.05) is 12.3 Å². The lowest BCUT2D eigenvalue weighted by Crippen LogP contribution is -2.51. The molecule has 1 aliphatic rings. The van der Waals surface area contributed by atoms with E-state index in [2.05, 4.69) is 10.3 Å². The summed E-state index contributed by atoms with van der Waals surface area (Å²) in [4.78, 5) is 28.9. The van der Waals surface area contributed by atoms with Crippen molar-refractivity contribution in [2.45, 2.75) is 25.9 Å². The summed E-state index contributed by atoms with van der Waals surface area (Å²) in [5.41, 5.74) is 0.835. The van der Waals surface area contributed by atoms with Gasteiger partial charge in [-0.3, -0.25) is 4.79 Å². The van der Waals surface area contributed by atoms with Crippen LogP contribution >= 0.6 is 23.1 Å². The Labute approximate surface area is 125 Å². The van der Waals surface area contributed by atoms with Crippen LogP contribution in [0.25, 0.3) is 0 Å². The number of thiazole rings is 1. The highest BCUT2D eigenvalue weighted by Gasteiger charge is 2.28. The molecule has 0 aliphatic carbocycles. The second-order valence-electron chi connectivity index (χ2n) is 4.54. The number of urea groups is 1. The minimum Gasteiger partial charge on any atom is -0.481 e. The smallest absolute Gasteiger partial charge is 0.318 e. The standard InChI is InChI=1S/C12H17N3O3S2/c1-8-14-9(6-20-8)5-13-12(18)15-2-3-19-7-10(15)4-11(16)17/h6,10H,2-5,7H2,1H3,(H,13,18)(H,16,17). The number of hydrogen-bond acceptors (Lipinski definition) is 5. The average Bonchev–Trinajstić information content (AvgIpc) is 2.82. The van der Waals surface area contributed by atoms with Crippen molar-refractivity contribution in [3.8, 4) is 0 Å². The van der Waals surface area contributed by atoms with Crippen LogP contribution in [0.2, 0.25) is 0 Å². The summed E-state index contributed by atoms with van der Waals surface area (Å²) in [6.07, 6.45) is -0.00374. The summed E-state index contributed by atoms with van der Waals surface area (Å²) >= 11 is 3.23. The van der Waals surface area contributed by atoms with E-state index in [1.54, 1.807) is 28.0 Å². The first kappa shape index (κ1) is 15.1. The van der Waals surface area contributed by atoms with E-state index in [4.69, 9.17) is 5.11 Å². The van der Waals surface area contributed by atoms with Gasteiger partial charge >= 0.3 is 12.0 Å². The van der Waals surface area contributed by atoms with Crippen LogP contribution in [0.3, 0.4) is 0 Å². The van der Waals surface area contributed by atoms with E-state index >= 15 is 0 Å². The lowest BCUT2D eigenvalue weighted by molar-refractivity contribution is -0.138. The molecule has 0 saturated carbocycles. The fraction of sp³-hybridized carbons (Fsp3) is 0.583. The predicted molar refractivity (Wildman–Crippen MR) is 79.2 cm³/mol. The molecule has 1 aliphatic heterocycles. The van der Waals surface area contributed by atoms with E-state index in [0.717, 1.165) is 16.5 Å². The molecule has 1 saturated heterocycles. The molecule has 2 N–H and O–H groups in total. The van der Waals surface area contributed by atoms with Crippen molar-refractivity contribution in [2.24, 2.45) is 0 Å². The molecule has 1 aromatic heterocycles. The van der Waals surface area contributed by atoms with Gasteiger partial charge in [0.15, 0.2) is 0 Å². The van der Waals surface area contributed by atoms with Crippen molar-refractivity contribution < 1.29 is 14.7 Å². The molecule has 0 bridgehead atoms. The van der Waals surface area contributed by atoms with Crippen LogP contribution in [0.4, 0.5) is 4.79 Å². The average molecular weight is 315 g/mol. The summed E-state index contributed by atoms with van der Waals surface area (Å²) in [7, 11) is 0. The topological polar surface area (TPSA) is 82.5 Å². The number of hydrogen-bond donors (Lipinski definition) is 2. The molecule has 1 fully saturated rings. The quantitative estimate of drug-likeness (QED) is 0.881. The summed E-state index contributed by atoms with van der Waals surface area (Å²) in [6.45, 7) is 2.89. The van der Waals surface area contributed by atoms with Gasteiger partial charge in [-0.1, -0.05) is 0 Å². The Morgan fingerprint density at radius 2 is 2.40 bits per heavy atom. The third kappa shape index (κ3) is 4.11. The van der Waals surface area contributed by atoms with Gasteiger partial charge in [0, 0.05) is 23.4 Å². The Bertz CT molecular complexity index is 492. The number of amides is 2. The third-order valence-electron chi connectivity index (χ3n) is 2.99. The Morgan fingerprint density at radius 3 is 3.05 bits per heavy atom. The highest BCUT2D eigenvalue weighted by molar-refractivity contribution is 7.99. The fourth-order valence-electron chi connectivity index (χ4n) is 2.05. The Hall–Kier alpha value is -1.28. The number of thioether (sulfide) groups is 1. The monoisotopic (exact) mass is 315 g/mol. The molecule has 0 spiro atoms. The minimum atomic E-state index is -0.870. The highest BCUT2D eigenvalue weighted by Crippen LogP contribution is 2.19. The predicted octanol–water partition coefficient (Wildman–Crippen LogP) is 1.55. The SMILES string of the molecule is Cc1nc(CNC(=O)N2CCSCC2CC(=O)O)cs1. The number of aryl methyl sites for hydroxylation is 1. The van der Waals surface area contributed by atoms with E-state index in [9.17, 15) is 9.59 Å². The van der Waals surface area contributed by atoms with Gasteiger partial charge in [0.1, 0.15) is 0 Å². The first-order chi connectivity index (χ1) is 9.56. The normalized spacial score (nSPS) is 18.9. The largest absolute Gasteiger partial charge is 0.481 e. The molecule has 6 nitrogen and oxygen atoms in total. The second kappa shape index (κ2) is 6.94. The first-order valence-electron chi connectivity index (χ1n) is 6.31. The number of carboxylic acids is 1. The molecule has 0 radical (unpaired) electrons. The molecule has 20 heavy (non-hydrogen) atoms. The van der Waals surface area contributed by atoms with Gasteiger partial charge in [-0.2, -0.15) is 11.8 Å². The number of rotatable bonds is 4. The van der Waals surface area contributed by atoms with Gasteiger partial charge in [-0.25, -0.2) is 9.78 Å². The Morgan fingerprint density at radius 1 is 1.60 bits per heavy atom. The van der Waals surface area contributed by atoms with E-state index < -0.39 is 5.97 Å². The third-order valence-corrected chi connectivity index (χ3v) is 4.90. The van der Waals surface area contributed by atoms with Gasteiger partial charge < -0.3 is 15.3 Å². The number of carboxylic acid groups (broad SMARTS) is 1. The van der Waals surface area contributed by atoms with Gasteiger partial charge in [0.2, 0.25) is 0 Å². The Kier molecular flexibility index (Phi) is 5.24. The van der Waals surface area contributed by atoms with Crippen molar-refractivity contribution in [2.75, 3.05) is 18.1 Å². The molecule has 2 amide bonds. The zero-order valence-corrected chi connectivity index (χ0v) is 12.8. The molecule has 1 unspecified atom stereocenters. The van der Waals surface area contributed by atoms with E-state index in [1.165, 1.54) is 0 Å². The van der Waals surface area contributed by atoms with Crippen molar-refractivity contribution >= 4 is 35.1 Å². The van der Waals surface area contributed by atoms with Gasteiger partial charge in [-0.15, -0.1) is 11.3 Å². The molecule has 8 heteroatoms. The number of aliphatic carboxylic acids is 1. The van der Waals surface area contributed by atoms with Crippen LogP contribution < -0.4 is 5.32 Å². The maximum absolute atomic E-state index is 12.2. The molecule has 110 valence electrons. The van der Waals surface area contributed by atoms with Crippen LogP contribution in [0.15, 0.2) is 5.38 Å². The number of nitrogens with zero attached hydrogens (tertiary/aromatic N) is 2. The van der Waals surface area contributed by atoms with Gasteiger partial charge in [-0.05, 0) is 6.92 Å². The van der Waals surface area contributed by atoms with Crippen LogP contribution in [-0.2, 0) is 11.3 Å². The molecule has 1 atom stereocenters. The molecule has 1 aromatic rings. The van der Waals surface area contributed by atoms with E-state index in [-0.39, 0.29) is 18.5 Å². The van der Waals surface area contributed by atoms with Crippen LogP contribution in [0.5, 0.6) is 0 Å². The van der Waals surface area contributed by atoms with Gasteiger partial charge in [0.05, 0.1) is 29.7 Å². The zero-order chi connectivity index (χ0) is 14.5. The van der Waals surface area contributed by atoms with Crippen molar-refractivity contribution in [3.05, 3.63) is 16.1 Å². The van der Waals surface area contributed by atoms with Crippen LogP contribution in [-0.4, -0.2) is 51.1 Å². The fourth-order valence-corrected chi connectivity index (χ4v) is 3.72. The number of nitrogens with one attached hydrogen (secondary N) is 1. The maximum atomic E-state index is 12.2. The van der Waals surface area contributed by atoms with Crippen molar-refractivity contribution in [1.29, 1.82) is 0 Å². The van der Waals surface area contributed by atoms with Crippen molar-refractivity contribution in [3.63, 3.8) is 0 Å². The molecule has 0 aromatic carbocycles. The molecule has 2 rings (SSSR count). The summed E-state index contributed by atoms with van der Waals surface area (Å²) < 4.78 is 0. The first-order valence-corrected chi connectivity index (χ1v) is 8.34. The summed E-state index contributed by atoms with van der Waals surface area (Å²) in [5, 5.41) is 14.6. The summed E-state index contributed by atoms with van der Waals surface area (Å²) in [5.74, 6) is 0.653. The highest BCUT2D eigenvalue weighted by atomic mass is 32.2. The molecular formula is C12H17N3O3S2. The number of carbonyl (C=O) groups excluding carboxylic acids is 1. The number of carbonyl (C=O) groups is 2. The lowest BCUT2D eigenvalue weighted by atomic mass is 10.2. The zero-order valence-electron chi connectivity index (χ0n) is 11.2. The second-order valence-corrected chi connectivity index (χ2v) is 6.75. The van der Waals surface area contributed by atoms with Crippen molar-refractivity contribution in [1.82, 2.24) is 15.2 Å². The molecule has 2 heterocycles. The maximum Gasteiger partial charge on any atom is 0.318 e. The summed E-state index contributed by atoms with van der Waals surface area (Å²) in [6, 6.07) is -0.439. The number of aromatic nitrogens is 1. The van der Waals surface area contributed by atoms with Crippen LogP contribution in [0.1, 0.15) is 17.1 Å². The lowest BCUT2D eigenvalue weighted by Gasteiger charge is -2.34. The van der Waals surface area contributed by atoms with Gasteiger partial charge in [0.25, 0.3) is 0 Å². The minimum absolute atomic E-state index is 0.00374. The molecular weight excluding hydrogens is 298 g/mol.